The van der Waals surface area contributed by atoms with E-state index >= 15 is 0 Å². The summed E-state index contributed by atoms with van der Waals surface area (Å²) in [6.07, 6.45) is 3.57. The average molecular weight is 513 g/mol. The van der Waals surface area contributed by atoms with E-state index in [9.17, 15) is 24.3 Å². The van der Waals surface area contributed by atoms with Crippen LogP contribution in [0.15, 0.2) is 30.5 Å². The average Bonchev–Trinajstić information content (AvgIpc) is 3.30. The van der Waals surface area contributed by atoms with Crippen LogP contribution in [0, 0.1) is 34.9 Å². The molecule has 4 unspecified atom stereocenters. The van der Waals surface area contributed by atoms with E-state index in [0.29, 0.717) is 25.1 Å². The van der Waals surface area contributed by atoms with Gasteiger partial charge in [-0.1, -0.05) is 40.5 Å². The lowest BCUT2D eigenvalue weighted by Gasteiger charge is -2.56. The molecule has 10 heteroatoms. The van der Waals surface area contributed by atoms with Crippen LogP contribution in [-0.2, 0) is 0 Å². The van der Waals surface area contributed by atoms with Crippen molar-refractivity contribution in [1.82, 2.24) is 14.7 Å². The van der Waals surface area contributed by atoms with Crippen LogP contribution in [0.25, 0.3) is 0 Å². The fourth-order valence-corrected chi connectivity index (χ4v) is 5.94. The minimum absolute atomic E-state index is 0.0439. The van der Waals surface area contributed by atoms with Gasteiger partial charge < -0.3 is 21.1 Å². The summed E-state index contributed by atoms with van der Waals surface area (Å²) < 4.78 is 15.0. The standard InChI is InChI=1S/C27H37FN6O3/c1-5-17(3)27(18(4)6-2)15-19(12-14-33(27)26(36)37)23(11-13-29)34-16-22(24(30)35)25(32-34)31-21-9-7-20(28)8-10-21/h7-10,16-19,23H,5-6,11-12,14-15H2,1-4H3,(H2,30,35)(H,31,32)(H,36,37). The number of aromatic nitrogens is 2. The molecule has 0 saturated carbocycles. The Hall–Kier alpha value is -3.61. The monoisotopic (exact) mass is 512 g/mol. The Bertz CT molecular complexity index is 1130. The van der Waals surface area contributed by atoms with Crippen LogP contribution in [0.1, 0.15) is 76.2 Å². The van der Waals surface area contributed by atoms with Crippen LogP contribution in [0.5, 0.6) is 0 Å². The number of halogens is 1. The molecular weight excluding hydrogens is 475 g/mol. The lowest BCUT2D eigenvalue weighted by atomic mass is 9.63. The molecule has 2 heterocycles. The number of carbonyl (C=O) groups is 2. The van der Waals surface area contributed by atoms with Gasteiger partial charge in [0.15, 0.2) is 5.82 Å². The van der Waals surface area contributed by atoms with Gasteiger partial charge in [0.2, 0.25) is 0 Å². The van der Waals surface area contributed by atoms with Crippen LogP contribution in [-0.4, -0.2) is 43.9 Å². The minimum Gasteiger partial charge on any atom is -0.465 e. The van der Waals surface area contributed by atoms with Crippen molar-refractivity contribution in [1.29, 1.82) is 5.26 Å². The van der Waals surface area contributed by atoms with Crippen LogP contribution in [0.4, 0.5) is 20.7 Å². The van der Waals surface area contributed by atoms with Crippen LogP contribution in [0.3, 0.4) is 0 Å². The summed E-state index contributed by atoms with van der Waals surface area (Å²) in [6.45, 7) is 8.72. The summed E-state index contributed by atoms with van der Waals surface area (Å²) in [5, 5.41) is 27.5. The Balaban J connectivity index is 2.03. The van der Waals surface area contributed by atoms with Crippen molar-refractivity contribution < 1.29 is 19.1 Å². The van der Waals surface area contributed by atoms with Gasteiger partial charge in [-0.3, -0.25) is 9.48 Å². The molecule has 4 atom stereocenters. The highest BCUT2D eigenvalue weighted by Crippen LogP contribution is 2.48. The van der Waals surface area contributed by atoms with Gasteiger partial charge in [0.25, 0.3) is 5.91 Å². The van der Waals surface area contributed by atoms with Crippen molar-refractivity contribution in [3.05, 3.63) is 41.8 Å². The van der Waals surface area contributed by atoms with Crippen LogP contribution < -0.4 is 11.1 Å². The Morgan fingerprint density at radius 2 is 1.89 bits per heavy atom. The summed E-state index contributed by atoms with van der Waals surface area (Å²) in [6, 6.07) is 7.52. The van der Waals surface area contributed by atoms with E-state index in [1.165, 1.54) is 24.3 Å². The van der Waals surface area contributed by atoms with Crippen molar-refractivity contribution in [3.8, 4) is 6.07 Å². The number of likely N-dealkylation sites (tertiary alicyclic amines) is 1. The van der Waals surface area contributed by atoms with E-state index in [0.717, 1.165) is 12.8 Å². The fraction of sp³-hybridized carbons (Fsp3) is 0.556. The van der Waals surface area contributed by atoms with Gasteiger partial charge in [-0.2, -0.15) is 10.4 Å². The van der Waals surface area contributed by atoms with Gasteiger partial charge in [-0.05, 0) is 54.9 Å². The first kappa shape index (κ1) is 28.0. The molecule has 0 spiro atoms. The predicted octanol–water partition coefficient (Wildman–Crippen LogP) is 5.54. The number of nitrogens with one attached hydrogen (secondary N) is 1. The van der Waals surface area contributed by atoms with E-state index < -0.39 is 17.5 Å². The second-order valence-electron chi connectivity index (χ2n) is 10.1. The van der Waals surface area contributed by atoms with E-state index in [1.807, 2.05) is 0 Å². The van der Waals surface area contributed by atoms with Crippen LogP contribution in [0.2, 0.25) is 0 Å². The number of carbonyl (C=O) groups excluding carboxylic acids is 1. The third-order valence-corrected chi connectivity index (χ3v) is 8.27. The molecule has 2 aromatic rings. The first-order valence-corrected chi connectivity index (χ1v) is 12.9. The lowest BCUT2D eigenvalue weighted by molar-refractivity contribution is -0.0541. The third-order valence-electron chi connectivity index (χ3n) is 8.27. The Labute approximate surface area is 217 Å². The lowest BCUT2D eigenvalue weighted by Crippen LogP contribution is -2.63. The second-order valence-corrected chi connectivity index (χ2v) is 10.1. The number of rotatable bonds is 10. The van der Waals surface area contributed by atoms with Crippen molar-refractivity contribution in [2.45, 2.75) is 71.4 Å². The molecule has 0 radical (unpaired) electrons. The van der Waals surface area contributed by atoms with Crippen molar-refractivity contribution in [2.75, 3.05) is 11.9 Å². The number of hydrogen-bond donors (Lipinski definition) is 3. The minimum atomic E-state index is -0.920. The Morgan fingerprint density at radius 1 is 1.27 bits per heavy atom. The first-order valence-electron chi connectivity index (χ1n) is 12.9. The number of benzene rings is 1. The summed E-state index contributed by atoms with van der Waals surface area (Å²) in [4.78, 5) is 26.2. The highest BCUT2D eigenvalue weighted by Gasteiger charge is 2.52. The molecule has 4 N–H and O–H groups in total. The molecule has 0 bridgehead atoms. The maximum Gasteiger partial charge on any atom is 0.407 e. The first-order chi connectivity index (χ1) is 17.6. The topological polar surface area (TPSA) is 137 Å². The zero-order valence-electron chi connectivity index (χ0n) is 21.9. The molecule has 1 aromatic carbocycles. The number of primary amides is 1. The number of hydrogen-bond acceptors (Lipinski definition) is 5. The van der Waals surface area contributed by atoms with Gasteiger partial charge in [-0.25, -0.2) is 9.18 Å². The molecule has 200 valence electrons. The zero-order chi connectivity index (χ0) is 27.3. The van der Waals surface area contributed by atoms with Crippen molar-refractivity contribution in [2.24, 2.45) is 23.5 Å². The third kappa shape index (κ3) is 5.55. The van der Waals surface area contributed by atoms with Gasteiger partial charge in [0, 0.05) is 18.4 Å². The smallest absolute Gasteiger partial charge is 0.407 e. The molecule has 1 aliphatic rings. The summed E-state index contributed by atoms with van der Waals surface area (Å²) in [5.74, 6) is -0.672. The number of nitriles is 1. The molecule has 1 fully saturated rings. The highest BCUT2D eigenvalue weighted by atomic mass is 19.1. The van der Waals surface area contributed by atoms with Gasteiger partial charge >= 0.3 is 6.09 Å². The number of nitrogens with two attached hydrogens (primary N) is 1. The SMILES string of the molecule is CCC(C)C1(C(C)CC)CC(C(CC#N)n2cc(C(N)=O)c(Nc3ccc(F)cc3)n2)CCN1C(=O)O. The fourth-order valence-electron chi connectivity index (χ4n) is 5.94. The predicted molar refractivity (Wildman–Crippen MR) is 139 cm³/mol. The van der Waals surface area contributed by atoms with Crippen LogP contribution >= 0.6 is 0 Å². The number of carboxylic acid groups (broad SMARTS) is 1. The highest BCUT2D eigenvalue weighted by molar-refractivity contribution is 5.98. The van der Waals surface area contributed by atoms with E-state index in [1.54, 1.807) is 15.8 Å². The number of anilines is 2. The molecule has 1 aliphatic heterocycles. The Morgan fingerprint density at radius 3 is 2.41 bits per heavy atom. The summed E-state index contributed by atoms with van der Waals surface area (Å²) >= 11 is 0. The van der Waals surface area contributed by atoms with E-state index in [2.05, 4.69) is 44.2 Å². The normalized spacial score (nSPS) is 22.1. The van der Waals surface area contributed by atoms with Gasteiger partial charge in [-0.15, -0.1) is 0 Å². The molecule has 3 rings (SSSR count). The molecule has 37 heavy (non-hydrogen) atoms. The number of piperidine rings is 1. The maximum atomic E-state index is 13.3. The zero-order valence-corrected chi connectivity index (χ0v) is 21.9. The second kappa shape index (κ2) is 11.6. The molecular formula is C27H37FN6O3. The number of nitrogens with zero attached hydrogens (tertiary/aromatic N) is 4. The number of amides is 2. The van der Waals surface area contributed by atoms with E-state index in [-0.39, 0.29) is 47.4 Å². The molecule has 1 saturated heterocycles. The van der Waals surface area contributed by atoms with E-state index in [4.69, 9.17) is 5.73 Å². The summed E-state index contributed by atoms with van der Waals surface area (Å²) in [5.41, 5.74) is 5.75. The molecule has 0 aliphatic carbocycles. The Kier molecular flexibility index (Phi) is 8.79. The van der Waals surface area contributed by atoms with Crippen molar-refractivity contribution in [3.63, 3.8) is 0 Å². The summed E-state index contributed by atoms with van der Waals surface area (Å²) in [7, 11) is 0. The maximum absolute atomic E-state index is 13.3. The largest absolute Gasteiger partial charge is 0.465 e. The van der Waals surface area contributed by atoms with Gasteiger partial charge in [0.1, 0.15) is 11.4 Å². The quantitative estimate of drug-likeness (QED) is 0.382. The molecule has 1 aromatic heterocycles. The molecule has 9 nitrogen and oxygen atoms in total. The van der Waals surface area contributed by atoms with Gasteiger partial charge in [0.05, 0.1) is 24.1 Å². The molecule has 2 amide bonds. The van der Waals surface area contributed by atoms with Crippen molar-refractivity contribution >= 4 is 23.5 Å².